The van der Waals surface area contributed by atoms with Gasteiger partial charge < -0.3 is 7.43 Å². The van der Waals surface area contributed by atoms with Gasteiger partial charge in [-0.15, -0.1) is 43.7 Å². The zero-order chi connectivity index (χ0) is 29.8. The third kappa shape index (κ3) is 8.75. The zero-order valence-electron chi connectivity index (χ0n) is 27.7. The molecule has 0 saturated heterocycles. The molecule has 0 saturated carbocycles. The summed E-state index contributed by atoms with van der Waals surface area (Å²) in [7, 11) is 0. The molecule has 7 rings (SSSR count). The summed E-state index contributed by atoms with van der Waals surface area (Å²) in [5.41, 5.74) is 16.3. The molecule has 0 aliphatic heterocycles. The van der Waals surface area contributed by atoms with Gasteiger partial charge in [0, 0.05) is 0 Å². The van der Waals surface area contributed by atoms with Gasteiger partial charge in [-0.1, -0.05) is 69.9 Å². The van der Waals surface area contributed by atoms with E-state index in [1.54, 1.807) is 0 Å². The van der Waals surface area contributed by atoms with Gasteiger partial charge in [0.15, 0.2) is 0 Å². The maximum atomic E-state index is 3.34. The van der Waals surface area contributed by atoms with E-state index in [0.717, 1.165) is 19.3 Å². The SMILES string of the molecule is CC1=C[CH-]C(C)(C)c2cc3c(cc21)-c1cc2c(cc1C3)C(C)(C)CC=C2C.Cc1cc[c-]cc1.Cl.Cl.[C-]1=CC=CC1.[CH2]=[Zr].[CH3-]. The van der Waals surface area contributed by atoms with Crippen LogP contribution in [0.5, 0.6) is 0 Å². The van der Waals surface area contributed by atoms with E-state index in [9.17, 15) is 0 Å². The van der Waals surface area contributed by atoms with Gasteiger partial charge in [-0.3, -0.25) is 6.08 Å². The summed E-state index contributed by atoms with van der Waals surface area (Å²) in [5, 5.41) is 0. The molecule has 0 bridgehead atoms. The Morgan fingerprint density at radius 3 is 1.84 bits per heavy atom. The molecule has 0 atom stereocenters. The molecule has 3 aromatic rings. The smallest absolute Gasteiger partial charge is 0.358 e. The Balaban J connectivity index is 0.000000476. The predicted octanol–water partition coefficient (Wildman–Crippen LogP) is 11.6. The number of fused-ring (bicyclic) bond motifs is 5. The Kier molecular flexibility index (Phi) is 15.3. The fourth-order valence-corrected chi connectivity index (χ4v) is 5.99. The van der Waals surface area contributed by atoms with Crippen molar-refractivity contribution in [2.75, 3.05) is 0 Å². The van der Waals surface area contributed by atoms with Crippen molar-refractivity contribution in [2.24, 2.45) is 0 Å². The van der Waals surface area contributed by atoms with Crippen molar-refractivity contribution < 1.29 is 24.2 Å². The summed E-state index contributed by atoms with van der Waals surface area (Å²) in [6.07, 6.45) is 19.3. The van der Waals surface area contributed by atoms with Crippen LogP contribution in [0.15, 0.2) is 78.9 Å². The summed E-state index contributed by atoms with van der Waals surface area (Å²) in [6.45, 7) is 16.0. The van der Waals surface area contributed by atoms with Crippen LogP contribution in [0.1, 0.15) is 93.3 Å². The molecule has 0 amide bonds. The molecule has 44 heavy (non-hydrogen) atoms. The minimum Gasteiger partial charge on any atom is -0.358 e. The molecule has 0 spiro atoms. The standard InChI is InChI=1S/C27H29.C7H7.C5H5.CH3.CH2.2ClH.Zr/c1-16-7-9-26(3,4)24-12-18-11-19-13-25-21(17(2)8-10-27(25,5)6)15-23(19)22(18)14-20(16)24;1-7-5-3-2-4-6-7;1-2-4-5-3-1;;;;;/h7-9,12-15H,10-11H2,1-6H3;3-6H,1H3;1-3H,4H2;1H3;1H2;2*1H;/q4*-1;;;;. The zero-order valence-corrected chi connectivity index (χ0v) is 31.8. The van der Waals surface area contributed by atoms with Crippen molar-refractivity contribution in [3.63, 3.8) is 0 Å². The first kappa shape index (κ1) is 39.8. The maximum absolute atomic E-state index is 3.34. The third-order valence-electron chi connectivity index (χ3n) is 8.57. The van der Waals surface area contributed by atoms with Crippen molar-refractivity contribution in [2.45, 2.75) is 78.6 Å². The van der Waals surface area contributed by atoms with Crippen LogP contribution in [-0.2, 0) is 41.5 Å². The molecule has 0 N–H and O–H groups in total. The molecule has 4 aliphatic carbocycles. The summed E-state index contributed by atoms with van der Waals surface area (Å²) < 4.78 is 3.34. The number of aryl methyl sites for hydroxylation is 1. The Morgan fingerprint density at radius 1 is 0.795 bits per heavy atom. The summed E-state index contributed by atoms with van der Waals surface area (Å²) in [5.74, 6) is 0. The Labute approximate surface area is 296 Å². The number of benzene rings is 3. The van der Waals surface area contributed by atoms with Gasteiger partial charge in [0.25, 0.3) is 0 Å². The fraction of sp³-hybridized carbons (Fsp3) is 0.293. The molecule has 4 aliphatic rings. The largest absolute Gasteiger partial charge is 0.358 e. The number of allylic oxidation sites excluding steroid dienone is 8. The van der Waals surface area contributed by atoms with Crippen molar-refractivity contribution in [3.8, 4) is 11.1 Å². The van der Waals surface area contributed by atoms with E-state index < -0.39 is 0 Å². The van der Waals surface area contributed by atoms with Gasteiger partial charge in [0.2, 0.25) is 0 Å². The summed E-state index contributed by atoms with van der Waals surface area (Å²) in [4.78, 5) is 0. The molecular weight excluding hydrogens is 655 g/mol. The van der Waals surface area contributed by atoms with Gasteiger partial charge in [-0.2, -0.15) is 47.5 Å². The van der Waals surface area contributed by atoms with E-state index in [1.165, 1.54) is 85.5 Å². The van der Waals surface area contributed by atoms with Crippen LogP contribution in [0.2, 0.25) is 0 Å². The van der Waals surface area contributed by atoms with E-state index in [1.807, 2.05) is 36.4 Å². The second kappa shape index (κ2) is 16.9. The second-order valence-electron chi connectivity index (χ2n) is 12.6. The van der Waals surface area contributed by atoms with E-state index in [0.29, 0.717) is 0 Å². The third-order valence-corrected chi connectivity index (χ3v) is 8.57. The van der Waals surface area contributed by atoms with Gasteiger partial charge in [-0.25, -0.2) is 24.6 Å². The summed E-state index contributed by atoms with van der Waals surface area (Å²) >= 11 is 1.30. The minimum absolute atomic E-state index is 0. The van der Waals surface area contributed by atoms with Crippen molar-refractivity contribution >= 4 is 40.2 Å². The molecular formula is C41H48Cl2Zr-4. The monoisotopic (exact) mass is 700 g/mol. The number of hydrogen-bond donors (Lipinski definition) is 0. The van der Waals surface area contributed by atoms with Crippen LogP contribution in [0.25, 0.3) is 22.3 Å². The van der Waals surface area contributed by atoms with Gasteiger partial charge in [0.05, 0.1) is 0 Å². The van der Waals surface area contributed by atoms with E-state index in [4.69, 9.17) is 0 Å². The molecule has 0 nitrogen and oxygen atoms in total. The molecule has 0 fully saturated rings. The van der Waals surface area contributed by atoms with Crippen LogP contribution in [0.4, 0.5) is 0 Å². The first-order chi connectivity index (χ1) is 19.6. The average Bonchev–Trinajstić information content (AvgIpc) is 3.66. The van der Waals surface area contributed by atoms with E-state index >= 15 is 0 Å². The van der Waals surface area contributed by atoms with E-state index in [2.05, 4.69) is 114 Å². The number of rotatable bonds is 0. The number of halogens is 2. The van der Waals surface area contributed by atoms with E-state index in [-0.39, 0.29) is 43.1 Å². The second-order valence-corrected chi connectivity index (χ2v) is 12.6. The topological polar surface area (TPSA) is 0 Å². The summed E-state index contributed by atoms with van der Waals surface area (Å²) in [6, 6.07) is 20.8. The molecule has 0 aromatic heterocycles. The first-order valence-electron chi connectivity index (χ1n) is 14.6. The quantitative estimate of drug-likeness (QED) is 0.160. The first-order valence-corrected chi connectivity index (χ1v) is 16.4. The van der Waals surface area contributed by atoms with Crippen molar-refractivity contribution in [3.05, 3.63) is 144 Å². The molecule has 0 unspecified atom stereocenters. The molecule has 0 heterocycles. The van der Waals surface area contributed by atoms with Crippen LogP contribution in [-0.4, -0.2) is 4.21 Å². The Bertz CT molecular complexity index is 1440. The fourth-order valence-electron chi connectivity index (χ4n) is 5.99. The Morgan fingerprint density at radius 2 is 1.36 bits per heavy atom. The van der Waals surface area contributed by atoms with Crippen LogP contribution in [0, 0.1) is 32.9 Å². The average molecular weight is 703 g/mol. The predicted molar refractivity (Wildman–Crippen MR) is 197 cm³/mol. The molecule has 234 valence electrons. The molecule has 0 radical (unpaired) electrons. The maximum Gasteiger partial charge on any atom is -0.358 e. The van der Waals surface area contributed by atoms with Crippen molar-refractivity contribution in [1.82, 2.24) is 0 Å². The number of hydrogen-bond acceptors (Lipinski definition) is 0. The minimum atomic E-state index is 0. The molecule has 3 aromatic carbocycles. The van der Waals surface area contributed by atoms with Crippen LogP contribution >= 0.6 is 24.8 Å². The van der Waals surface area contributed by atoms with Gasteiger partial charge >= 0.3 is 28.4 Å². The Hall–Kier alpha value is -2.18. The van der Waals surface area contributed by atoms with Gasteiger partial charge in [-0.05, 0) is 70.2 Å². The van der Waals surface area contributed by atoms with Crippen LogP contribution in [0.3, 0.4) is 0 Å². The molecule has 3 heteroatoms. The normalized spacial score (nSPS) is 16.0. The van der Waals surface area contributed by atoms with Gasteiger partial charge in [0.1, 0.15) is 0 Å². The van der Waals surface area contributed by atoms with Crippen LogP contribution < -0.4 is 0 Å². The van der Waals surface area contributed by atoms with Crippen molar-refractivity contribution in [1.29, 1.82) is 0 Å².